The predicted molar refractivity (Wildman–Crippen MR) is 73.0 cm³/mol. The van der Waals surface area contributed by atoms with Crippen molar-refractivity contribution in [3.63, 3.8) is 0 Å². The summed E-state index contributed by atoms with van der Waals surface area (Å²) in [5.74, 6) is -1.24. The van der Waals surface area contributed by atoms with Gasteiger partial charge in [0.15, 0.2) is 6.10 Å². The number of hydrogen-bond donors (Lipinski definition) is 1. The molecule has 0 aromatic rings. The average Bonchev–Trinajstić information content (AvgIpc) is 2.53. The average molecular weight is 301 g/mol. The zero-order valence-corrected chi connectivity index (χ0v) is 12.3. The van der Waals surface area contributed by atoms with E-state index in [4.69, 9.17) is 19.3 Å². The number of nitrogens with zero attached hydrogens (tertiary/aromatic N) is 1. The number of ether oxygens (including phenoxy) is 3. The summed E-state index contributed by atoms with van der Waals surface area (Å²) < 4.78 is 16.2. The maximum absolute atomic E-state index is 12.3. The summed E-state index contributed by atoms with van der Waals surface area (Å²) in [4.78, 5) is 24.7. The number of carbonyl (C=O) groups is 2. The second-order valence-electron chi connectivity index (χ2n) is 5.45. The third kappa shape index (κ3) is 4.66. The summed E-state index contributed by atoms with van der Waals surface area (Å²) >= 11 is 0. The molecule has 3 atom stereocenters. The minimum atomic E-state index is -1.04. The van der Waals surface area contributed by atoms with Crippen LogP contribution in [0.1, 0.15) is 26.2 Å². The summed E-state index contributed by atoms with van der Waals surface area (Å²) in [7, 11) is 0. The number of amides is 1. The summed E-state index contributed by atoms with van der Waals surface area (Å²) in [5, 5.41) is 8.94. The van der Waals surface area contributed by atoms with Gasteiger partial charge in [-0.3, -0.25) is 4.79 Å². The maximum Gasteiger partial charge on any atom is 0.334 e. The molecule has 0 aromatic carbocycles. The highest BCUT2D eigenvalue weighted by Crippen LogP contribution is 2.14. The Bertz CT molecular complexity index is 368. The van der Waals surface area contributed by atoms with E-state index in [0.29, 0.717) is 13.2 Å². The molecule has 0 aliphatic carbocycles. The Balaban J connectivity index is 1.76. The molecule has 1 N–H and O–H groups in total. The highest BCUT2D eigenvalue weighted by molar-refractivity contribution is 5.82. The molecule has 7 heteroatoms. The third-order valence-electron chi connectivity index (χ3n) is 3.81. The molecule has 120 valence electrons. The molecule has 7 nitrogen and oxygen atoms in total. The largest absolute Gasteiger partial charge is 0.479 e. The van der Waals surface area contributed by atoms with Gasteiger partial charge in [-0.1, -0.05) is 0 Å². The van der Waals surface area contributed by atoms with Crippen molar-refractivity contribution in [2.45, 2.75) is 44.5 Å². The van der Waals surface area contributed by atoms with Crippen LogP contribution >= 0.6 is 0 Å². The second-order valence-corrected chi connectivity index (χ2v) is 5.45. The zero-order valence-electron chi connectivity index (χ0n) is 12.3. The first-order chi connectivity index (χ1) is 10.1. The fourth-order valence-electron chi connectivity index (χ4n) is 2.52. The molecule has 0 saturated carbocycles. The molecule has 2 rings (SSSR count). The fraction of sp³-hybridized carbons (Fsp3) is 0.857. The Morgan fingerprint density at radius 3 is 2.81 bits per heavy atom. The Labute approximate surface area is 124 Å². The van der Waals surface area contributed by atoms with Crippen LogP contribution < -0.4 is 0 Å². The standard InChI is InChI=1S/C14H23NO6/c1-10(21-9-11-4-2-3-6-19-11)13(16)15-5-7-20-12(8-15)14(17)18/h10-12H,2-9H2,1H3,(H,17,18). The molecule has 0 bridgehead atoms. The highest BCUT2D eigenvalue weighted by Gasteiger charge is 2.31. The molecule has 0 aromatic heterocycles. The Hall–Kier alpha value is -1.18. The monoisotopic (exact) mass is 301 g/mol. The van der Waals surface area contributed by atoms with Gasteiger partial charge in [-0.15, -0.1) is 0 Å². The lowest BCUT2D eigenvalue weighted by Crippen LogP contribution is -2.51. The number of aliphatic carboxylic acids is 1. The van der Waals surface area contributed by atoms with Crippen molar-refractivity contribution in [2.24, 2.45) is 0 Å². The van der Waals surface area contributed by atoms with Crippen molar-refractivity contribution in [1.82, 2.24) is 4.90 Å². The lowest BCUT2D eigenvalue weighted by atomic mass is 10.1. The second kappa shape index (κ2) is 7.72. The number of carbonyl (C=O) groups excluding carboxylic acids is 1. The smallest absolute Gasteiger partial charge is 0.334 e. The van der Waals surface area contributed by atoms with Gasteiger partial charge in [0.05, 0.1) is 25.9 Å². The lowest BCUT2D eigenvalue weighted by Gasteiger charge is -2.33. The Morgan fingerprint density at radius 2 is 2.14 bits per heavy atom. The van der Waals surface area contributed by atoms with Crippen molar-refractivity contribution in [3.8, 4) is 0 Å². The van der Waals surface area contributed by atoms with E-state index in [0.717, 1.165) is 25.9 Å². The summed E-state index contributed by atoms with van der Waals surface area (Å²) in [6, 6.07) is 0. The maximum atomic E-state index is 12.3. The lowest BCUT2D eigenvalue weighted by molar-refractivity contribution is -0.164. The van der Waals surface area contributed by atoms with Crippen molar-refractivity contribution < 1.29 is 28.9 Å². The molecule has 2 saturated heterocycles. The van der Waals surface area contributed by atoms with Gasteiger partial charge in [0.25, 0.3) is 5.91 Å². The van der Waals surface area contributed by atoms with Crippen LogP contribution in [0.3, 0.4) is 0 Å². The molecule has 1 amide bonds. The van der Waals surface area contributed by atoms with E-state index in [1.54, 1.807) is 6.92 Å². The zero-order chi connectivity index (χ0) is 15.2. The topological polar surface area (TPSA) is 85.3 Å². The van der Waals surface area contributed by atoms with Crippen LogP contribution in [0.25, 0.3) is 0 Å². The number of hydrogen-bond acceptors (Lipinski definition) is 5. The van der Waals surface area contributed by atoms with Crippen LogP contribution in [0.15, 0.2) is 0 Å². The van der Waals surface area contributed by atoms with Gasteiger partial charge in [-0.2, -0.15) is 0 Å². The first kappa shape index (κ1) is 16.2. The van der Waals surface area contributed by atoms with E-state index >= 15 is 0 Å². The number of rotatable bonds is 5. The van der Waals surface area contributed by atoms with Crippen LogP contribution in [0.2, 0.25) is 0 Å². The van der Waals surface area contributed by atoms with Crippen molar-refractivity contribution >= 4 is 11.9 Å². The normalized spacial score (nSPS) is 28.1. The van der Waals surface area contributed by atoms with Gasteiger partial charge in [-0.05, 0) is 26.2 Å². The van der Waals surface area contributed by atoms with E-state index in [-0.39, 0.29) is 25.2 Å². The van der Waals surface area contributed by atoms with Crippen LogP contribution in [0, 0.1) is 0 Å². The third-order valence-corrected chi connectivity index (χ3v) is 3.81. The first-order valence-electron chi connectivity index (χ1n) is 7.44. The van der Waals surface area contributed by atoms with Crippen molar-refractivity contribution in [3.05, 3.63) is 0 Å². The molecule has 21 heavy (non-hydrogen) atoms. The van der Waals surface area contributed by atoms with E-state index in [2.05, 4.69) is 0 Å². The quantitative estimate of drug-likeness (QED) is 0.784. The van der Waals surface area contributed by atoms with Gasteiger partial charge < -0.3 is 24.2 Å². The molecule has 3 unspecified atom stereocenters. The Morgan fingerprint density at radius 1 is 1.33 bits per heavy atom. The van der Waals surface area contributed by atoms with Gasteiger partial charge in [0.2, 0.25) is 0 Å². The predicted octanol–water partition coefficient (Wildman–Crippen LogP) is 0.273. The number of carboxylic acid groups (broad SMARTS) is 1. The summed E-state index contributed by atoms with van der Waals surface area (Å²) in [6.07, 6.45) is 1.68. The van der Waals surface area contributed by atoms with Crippen LogP contribution in [0.4, 0.5) is 0 Å². The van der Waals surface area contributed by atoms with E-state index in [1.807, 2.05) is 0 Å². The highest BCUT2D eigenvalue weighted by atomic mass is 16.5. The van der Waals surface area contributed by atoms with Gasteiger partial charge in [0.1, 0.15) is 6.10 Å². The van der Waals surface area contributed by atoms with E-state index < -0.39 is 18.2 Å². The number of morpholine rings is 1. The van der Waals surface area contributed by atoms with Crippen molar-refractivity contribution in [2.75, 3.05) is 32.9 Å². The van der Waals surface area contributed by atoms with Gasteiger partial charge in [-0.25, -0.2) is 4.79 Å². The molecule has 0 radical (unpaired) electrons. The fourth-order valence-corrected chi connectivity index (χ4v) is 2.52. The van der Waals surface area contributed by atoms with Gasteiger partial charge in [0, 0.05) is 13.2 Å². The summed E-state index contributed by atoms with van der Waals surface area (Å²) in [6.45, 7) is 3.55. The van der Waals surface area contributed by atoms with Gasteiger partial charge >= 0.3 is 5.97 Å². The van der Waals surface area contributed by atoms with Crippen LogP contribution in [-0.4, -0.2) is 73.1 Å². The van der Waals surface area contributed by atoms with Crippen molar-refractivity contribution in [1.29, 1.82) is 0 Å². The first-order valence-corrected chi connectivity index (χ1v) is 7.44. The van der Waals surface area contributed by atoms with E-state index in [9.17, 15) is 9.59 Å². The SMILES string of the molecule is CC(OCC1CCCCO1)C(=O)N1CCOC(C(=O)O)C1. The molecule has 2 aliphatic heterocycles. The molecule has 0 spiro atoms. The molecular weight excluding hydrogens is 278 g/mol. The minimum absolute atomic E-state index is 0.0606. The van der Waals surface area contributed by atoms with Crippen LogP contribution in [0.5, 0.6) is 0 Å². The summed E-state index contributed by atoms with van der Waals surface area (Å²) in [5.41, 5.74) is 0. The molecule has 2 aliphatic rings. The molecule has 2 fully saturated rings. The van der Waals surface area contributed by atoms with E-state index in [1.165, 1.54) is 4.90 Å². The molecular formula is C14H23NO6. The minimum Gasteiger partial charge on any atom is -0.479 e. The van der Waals surface area contributed by atoms with Crippen LogP contribution in [-0.2, 0) is 23.8 Å². The number of carboxylic acids is 1. The molecule has 2 heterocycles. The Kier molecular flexibility index (Phi) is 5.96.